The van der Waals surface area contributed by atoms with Crippen molar-refractivity contribution in [3.63, 3.8) is 0 Å². The Morgan fingerprint density at radius 3 is 2.35 bits per heavy atom. The van der Waals surface area contributed by atoms with E-state index in [0.29, 0.717) is 23.8 Å². The van der Waals surface area contributed by atoms with Crippen molar-refractivity contribution >= 4 is 22.2 Å². The molecule has 1 aromatic carbocycles. The Bertz CT molecular complexity index is 887. The molecule has 0 amide bonds. The second-order valence-corrected chi connectivity index (χ2v) is 10.7. The molecule has 2 rings (SSSR count). The summed E-state index contributed by atoms with van der Waals surface area (Å²) in [6, 6.07) is 4.34. The quantitative estimate of drug-likeness (QED) is 0.185. The van der Waals surface area contributed by atoms with E-state index in [2.05, 4.69) is 38.0 Å². The summed E-state index contributed by atoms with van der Waals surface area (Å²) in [5.41, 5.74) is -5.20. The number of hydrogen-bond donors (Lipinski definition) is 1. The molecule has 1 aliphatic heterocycles. The first-order valence-corrected chi connectivity index (χ1v) is 12.0. The first-order valence-electron chi connectivity index (χ1n) is 11.2. The van der Waals surface area contributed by atoms with Gasteiger partial charge in [-0.3, -0.25) is 10.2 Å². The van der Waals surface area contributed by atoms with Crippen LogP contribution in [-0.4, -0.2) is 54.5 Å². The van der Waals surface area contributed by atoms with Crippen molar-refractivity contribution in [1.29, 1.82) is 0 Å². The zero-order valence-corrected chi connectivity index (χ0v) is 21.8. The smallest absolute Gasteiger partial charge is 0.359 e. The predicted molar refractivity (Wildman–Crippen MR) is 128 cm³/mol. The average molecular weight is 549 g/mol. The third-order valence-corrected chi connectivity index (χ3v) is 6.64. The molecule has 0 radical (unpaired) electrons. The van der Waals surface area contributed by atoms with Crippen LogP contribution in [0.5, 0.6) is 0 Å². The summed E-state index contributed by atoms with van der Waals surface area (Å²) in [5, 5.41) is 2.35. The van der Waals surface area contributed by atoms with Gasteiger partial charge < -0.3 is 9.53 Å². The van der Waals surface area contributed by atoms with Gasteiger partial charge in [-0.2, -0.15) is 13.2 Å². The highest BCUT2D eigenvalue weighted by Gasteiger charge is 2.56. The lowest BCUT2D eigenvalue weighted by Crippen LogP contribution is -2.58. The van der Waals surface area contributed by atoms with Gasteiger partial charge in [0.2, 0.25) is 5.54 Å². The van der Waals surface area contributed by atoms with Gasteiger partial charge in [-0.05, 0) is 65.3 Å². The van der Waals surface area contributed by atoms with Crippen molar-refractivity contribution in [2.75, 3.05) is 13.7 Å². The predicted octanol–water partition coefficient (Wildman–Crippen LogP) is 5.74. The highest BCUT2D eigenvalue weighted by atomic mass is 79.9. The van der Waals surface area contributed by atoms with E-state index < -0.39 is 29.8 Å². The van der Waals surface area contributed by atoms with E-state index in [1.54, 1.807) is 0 Å². The number of rotatable bonds is 9. The van der Waals surface area contributed by atoms with Crippen LogP contribution in [0.1, 0.15) is 58.9 Å². The van der Waals surface area contributed by atoms with Crippen LogP contribution < -0.4 is 5.32 Å². The molecule has 3 atom stereocenters. The third-order valence-electron chi connectivity index (χ3n) is 6.12. The summed E-state index contributed by atoms with van der Waals surface area (Å²) < 4.78 is 64.3. The lowest BCUT2D eigenvalue weighted by molar-refractivity contribution is -0.184. The topological polar surface area (TPSA) is 41.6 Å². The van der Waals surface area contributed by atoms with E-state index in [0.717, 1.165) is 6.42 Å². The minimum atomic E-state index is -4.86. The summed E-state index contributed by atoms with van der Waals surface area (Å²) in [7, 11) is 1.96. The second kappa shape index (κ2) is 11.1. The lowest BCUT2D eigenvalue weighted by atomic mass is 9.87. The Morgan fingerprint density at radius 1 is 1.26 bits per heavy atom. The van der Waals surface area contributed by atoms with Gasteiger partial charge in [0.05, 0.1) is 12.6 Å². The summed E-state index contributed by atoms with van der Waals surface area (Å²) in [5.74, 6) is 5.07. The fourth-order valence-electron chi connectivity index (χ4n) is 3.99. The molecule has 1 aliphatic rings. The molecule has 190 valence electrons. The van der Waals surface area contributed by atoms with Gasteiger partial charge in [-0.1, -0.05) is 34.0 Å². The Balaban J connectivity index is 2.31. The van der Waals surface area contributed by atoms with Crippen LogP contribution in [0.2, 0.25) is 0 Å². The Labute approximate surface area is 207 Å². The van der Waals surface area contributed by atoms with Crippen molar-refractivity contribution in [2.45, 2.75) is 88.6 Å². The van der Waals surface area contributed by atoms with Crippen LogP contribution in [-0.2, 0) is 15.1 Å². The van der Waals surface area contributed by atoms with E-state index in [-0.39, 0.29) is 23.8 Å². The number of unbranched alkanes of at least 4 members (excludes halogenated alkanes) is 1. The number of nitrogens with zero attached hydrogens (tertiary/aromatic N) is 1. The number of aldehydes is 1. The van der Waals surface area contributed by atoms with Gasteiger partial charge in [0.1, 0.15) is 17.7 Å². The Morgan fingerprint density at radius 2 is 1.88 bits per heavy atom. The molecular weight excluding hydrogens is 516 g/mol. The summed E-state index contributed by atoms with van der Waals surface area (Å²) in [4.78, 5) is 13.7. The summed E-state index contributed by atoms with van der Waals surface area (Å²) in [6.45, 7) is 6.94. The molecule has 0 saturated carbocycles. The van der Waals surface area contributed by atoms with Gasteiger partial charge in [-0.25, -0.2) is 4.39 Å². The normalized spacial score (nSPS) is 21.4. The Kier molecular flexibility index (Phi) is 9.36. The van der Waals surface area contributed by atoms with Crippen LogP contribution in [0.15, 0.2) is 28.7 Å². The molecule has 1 heterocycles. The third kappa shape index (κ3) is 7.27. The van der Waals surface area contributed by atoms with Crippen molar-refractivity contribution < 1.29 is 27.1 Å². The highest BCUT2D eigenvalue weighted by molar-refractivity contribution is 9.10. The maximum Gasteiger partial charge on any atom is 0.422 e. The standard InChI is InChI=1S/C25H33BrF4N2O2/c1-22(2,27)15-20(16-33)31-24(25(28,29)30,18-10-12-19(26)13-11-18)14-8-6-7-9-21-17-34-23(3,4)32(21)5/h10-13,16,20-21,31H,6-7,9,15,17H2,1-5H3/t20-,21-,24-/m0/s1. The largest absolute Gasteiger partial charge is 0.422 e. The number of ether oxygens (including phenoxy) is 1. The maximum absolute atomic E-state index is 14.6. The first-order chi connectivity index (χ1) is 15.6. The van der Waals surface area contributed by atoms with E-state index in [4.69, 9.17) is 4.74 Å². The number of benzene rings is 1. The van der Waals surface area contributed by atoms with Crippen LogP contribution >= 0.6 is 15.9 Å². The minimum Gasteiger partial charge on any atom is -0.359 e. The van der Waals surface area contributed by atoms with E-state index in [1.807, 2.05) is 20.9 Å². The van der Waals surface area contributed by atoms with Crippen LogP contribution in [0, 0.1) is 11.8 Å². The first kappa shape index (κ1) is 28.8. The number of hydrogen-bond acceptors (Lipinski definition) is 4. The molecular formula is C25H33BrF4N2O2. The zero-order chi connectivity index (χ0) is 25.8. The molecule has 9 heteroatoms. The van der Waals surface area contributed by atoms with Crippen LogP contribution in [0.25, 0.3) is 0 Å². The number of alkyl halides is 4. The molecule has 0 spiro atoms. The molecule has 34 heavy (non-hydrogen) atoms. The van der Waals surface area contributed by atoms with Crippen molar-refractivity contribution in [3.8, 4) is 11.8 Å². The van der Waals surface area contributed by atoms with Gasteiger partial charge in [-0.15, -0.1) is 5.92 Å². The molecule has 4 nitrogen and oxygen atoms in total. The molecule has 1 aromatic rings. The number of nitrogens with one attached hydrogen (secondary N) is 1. The number of halogens is 5. The summed E-state index contributed by atoms with van der Waals surface area (Å²) >= 11 is 3.23. The molecule has 1 N–H and O–H groups in total. The number of carbonyl (C=O) groups excluding carboxylic acids is 1. The fraction of sp³-hybridized carbons (Fsp3) is 0.640. The van der Waals surface area contributed by atoms with Gasteiger partial charge in [0.25, 0.3) is 0 Å². The van der Waals surface area contributed by atoms with E-state index >= 15 is 0 Å². The Hall–Kier alpha value is -1.47. The van der Waals surface area contributed by atoms with Crippen LogP contribution in [0.3, 0.4) is 0 Å². The SMILES string of the molecule is CN1[C@@H](CCCC#C[C@](N[C@H](C=O)CC(C)(C)F)(c2ccc(Br)cc2)C(F)(F)F)COC1(C)C. The highest BCUT2D eigenvalue weighted by Crippen LogP contribution is 2.40. The van der Waals surface area contributed by atoms with Gasteiger partial charge in [0.15, 0.2) is 0 Å². The number of likely N-dealkylation sites (N-methyl/N-ethyl adjacent to an activating group) is 1. The molecule has 0 unspecified atom stereocenters. The van der Waals surface area contributed by atoms with Crippen molar-refractivity contribution in [3.05, 3.63) is 34.3 Å². The lowest BCUT2D eigenvalue weighted by Gasteiger charge is -2.36. The van der Waals surface area contributed by atoms with E-state index in [1.165, 1.54) is 38.1 Å². The van der Waals surface area contributed by atoms with Gasteiger partial charge >= 0.3 is 6.18 Å². The van der Waals surface area contributed by atoms with E-state index in [9.17, 15) is 22.4 Å². The van der Waals surface area contributed by atoms with Crippen molar-refractivity contribution in [1.82, 2.24) is 10.2 Å². The second-order valence-electron chi connectivity index (χ2n) is 9.78. The molecule has 1 fully saturated rings. The molecule has 0 aromatic heterocycles. The molecule has 0 aliphatic carbocycles. The minimum absolute atomic E-state index is 0.162. The molecule has 1 saturated heterocycles. The monoisotopic (exact) mass is 548 g/mol. The fourth-order valence-corrected chi connectivity index (χ4v) is 4.26. The van der Waals surface area contributed by atoms with Crippen molar-refractivity contribution in [2.24, 2.45) is 0 Å². The number of carbonyl (C=O) groups is 1. The average Bonchev–Trinajstić information content (AvgIpc) is 2.97. The molecule has 0 bridgehead atoms. The van der Waals surface area contributed by atoms with Crippen LogP contribution in [0.4, 0.5) is 17.6 Å². The van der Waals surface area contributed by atoms with Gasteiger partial charge in [0, 0.05) is 23.4 Å². The zero-order valence-electron chi connectivity index (χ0n) is 20.2. The summed E-state index contributed by atoms with van der Waals surface area (Å²) in [6.07, 6.45) is -3.42. The maximum atomic E-state index is 14.6.